The van der Waals surface area contributed by atoms with Crippen LogP contribution in [0.15, 0.2) is 30.3 Å². The largest absolute Gasteiger partial charge is 0.302 e. The van der Waals surface area contributed by atoms with Gasteiger partial charge in [-0.1, -0.05) is 30.3 Å². The number of nitrogens with zero attached hydrogens (tertiary/aromatic N) is 1. The van der Waals surface area contributed by atoms with Crippen LogP contribution >= 0.6 is 0 Å². The molecule has 2 aliphatic carbocycles. The molecule has 2 saturated carbocycles. The number of benzene rings is 1. The summed E-state index contributed by atoms with van der Waals surface area (Å²) in [7, 11) is 3.95. The van der Waals surface area contributed by atoms with Crippen LogP contribution in [0.25, 0.3) is 0 Å². The Morgan fingerprint density at radius 1 is 0.905 bits per heavy atom. The Bertz CT molecular complexity index is 441. The Labute approximate surface area is 144 Å². The average Bonchev–Trinajstić information content (AvgIpc) is 3.17. The summed E-state index contributed by atoms with van der Waals surface area (Å²) in [6.07, 6.45) is 16.2. The minimum absolute atomic E-state index is 0. The monoisotopic (exact) mass is 321 g/mol. The molecule has 2 fully saturated rings. The topological polar surface area (TPSA) is 3.24 Å². The van der Waals surface area contributed by atoms with Crippen LogP contribution in [-0.4, -0.2) is 19.0 Å². The van der Waals surface area contributed by atoms with Crippen LogP contribution < -0.4 is 0 Å². The van der Waals surface area contributed by atoms with E-state index in [0.29, 0.717) is 12.4 Å². The molecule has 0 saturated heterocycles. The van der Waals surface area contributed by atoms with Crippen LogP contribution in [0.2, 0.25) is 0 Å². The molecule has 2 heteroatoms. The van der Waals surface area contributed by atoms with Gasteiger partial charge in [-0.3, -0.25) is 0 Å². The summed E-state index contributed by atoms with van der Waals surface area (Å²) < 4.78 is 15.9. The molecule has 3 rings (SSSR count). The van der Waals surface area contributed by atoms with Gasteiger partial charge in [0, 0.05) is 30.4 Å². The Hall–Kier alpha value is -0.301. The van der Waals surface area contributed by atoms with Crippen molar-refractivity contribution in [3.8, 4) is 0 Å². The molecule has 1 nitrogen and oxygen atoms in total. The molecule has 0 amide bonds. The maximum absolute atomic E-state index is 7.98. The van der Waals surface area contributed by atoms with Gasteiger partial charge < -0.3 is 4.90 Å². The van der Waals surface area contributed by atoms with Crippen LogP contribution in [-0.2, 0) is 17.1 Å². The summed E-state index contributed by atoms with van der Waals surface area (Å²) >= 11 is 0. The van der Waals surface area contributed by atoms with E-state index in [1.54, 1.807) is 12.5 Å². The van der Waals surface area contributed by atoms with E-state index in [0.717, 1.165) is 11.5 Å². The van der Waals surface area contributed by atoms with Gasteiger partial charge in [0.05, 0.1) is 1.37 Å². The van der Waals surface area contributed by atoms with Crippen LogP contribution in [0, 0.1) is 63.7 Å². The van der Waals surface area contributed by atoms with Crippen molar-refractivity contribution < 1.29 is 19.8 Å². The number of hydrogen-bond donors (Lipinski definition) is 0. The maximum atomic E-state index is 7.98. The predicted molar refractivity (Wildman–Crippen MR) is 84.8 cm³/mol. The first-order valence-electron chi connectivity index (χ1n) is 7.72. The molecule has 1 atom stereocenters. The predicted octanol–water partition coefficient (Wildman–Crippen LogP) is 3.71. The first kappa shape index (κ1) is 15.6. The van der Waals surface area contributed by atoms with Crippen molar-refractivity contribution in [3.63, 3.8) is 0 Å². The standard InChI is InChI=1S/C14H16N.C5H5.Fe/c1-15(2)14(13-10-6-7-11-13)12-8-4-3-5-9-12;1-2-4-5-3-1;/h3-11,14H,1-2H3;1-5H;/t14-;;/m1../s1/i8D,10D;;. The van der Waals surface area contributed by atoms with E-state index in [4.69, 9.17) is 2.74 Å². The quantitative estimate of drug-likeness (QED) is 0.767. The van der Waals surface area contributed by atoms with Gasteiger partial charge in [0.2, 0.25) is 0 Å². The summed E-state index contributed by atoms with van der Waals surface area (Å²) in [4.78, 5) is 2.04. The fraction of sp³-hybridized carbons (Fsp3) is 0.158. The van der Waals surface area contributed by atoms with Crippen LogP contribution in [0.4, 0.5) is 0 Å². The van der Waals surface area contributed by atoms with E-state index < -0.39 is 0 Å². The molecule has 21 heavy (non-hydrogen) atoms. The van der Waals surface area contributed by atoms with Crippen molar-refractivity contribution in [3.05, 3.63) is 99.6 Å². The summed E-state index contributed by atoms with van der Waals surface area (Å²) in [6, 6.07) is 8.05. The Morgan fingerprint density at radius 2 is 1.57 bits per heavy atom. The normalized spacial score (nSPS) is 22.0. The van der Waals surface area contributed by atoms with E-state index in [2.05, 4.69) is 0 Å². The summed E-state index contributed by atoms with van der Waals surface area (Å²) in [5.74, 6) is 0.953. The van der Waals surface area contributed by atoms with E-state index in [9.17, 15) is 0 Å². The van der Waals surface area contributed by atoms with Gasteiger partial charge in [-0.25, -0.2) is 0 Å². The van der Waals surface area contributed by atoms with Gasteiger partial charge >= 0.3 is 0 Å². The Balaban J connectivity index is 0.000000377. The van der Waals surface area contributed by atoms with Crippen LogP contribution in [0.3, 0.4) is 0 Å². The molecule has 0 heterocycles. The summed E-state index contributed by atoms with van der Waals surface area (Å²) in [5.41, 5.74) is 0.942. The fourth-order valence-corrected chi connectivity index (χ4v) is 2.14. The van der Waals surface area contributed by atoms with Crippen LogP contribution in [0.5, 0.6) is 0 Å². The van der Waals surface area contributed by atoms with Crippen molar-refractivity contribution in [2.75, 3.05) is 14.1 Å². The summed E-state index contributed by atoms with van der Waals surface area (Å²) in [6.45, 7) is 0. The minimum atomic E-state index is -0.0220. The van der Waals surface area contributed by atoms with E-state index >= 15 is 0 Å². The second-order valence-electron chi connectivity index (χ2n) is 4.77. The van der Waals surface area contributed by atoms with Crippen molar-refractivity contribution in [2.24, 2.45) is 0 Å². The molecule has 1 aromatic carbocycles. The van der Waals surface area contributed by atoms with Gasteiger partial charge in [0.15, 0.2) is 0 Å². The smallest absolute Gasteiger partial charge is 0.0626 e. The SMILES string of the molecule is [2H][C]1[CH][CH][CH][C]1[C@@H](c1ccccc1[2H])N(C)C.[CH]1[CH][CH][CH][CH]1.[Fe]. The molecule has 0 aliphatic heterocycles. The van der Waals surface area contributed by atoms with Gasteiger partial charge in [-0.05, 0) is 77.4 Å². The molecule has 0 aromatic heterocycles. The third-order valence-electron chi connectivity index (χ3n) is 3.02. The van der Waals surface area contributed by atoms with Gasteiger partial charge in [-0.2, -0.15) is 0 Å². The molecular formula is C19H21FeN. The first-order valence-corrected chi connectivity index (χ1v) is 6.72. The Kier molecular flexibility index (Phi) is 7.74. The van der Waals surface area contributed by atoms with E-state index in [1.807, 2.05) is 82.1 Å². The molecule has 110 valence electrons. The van der Waals surface area contributed by atoms with Crippen molar-refractivity contribution in [1.29, 1.82) is 0 Å². The third kappa shape index (κ3) is 6.14. The number of rotatable bonds is 3. The van der Waals surface area contributed by atoms with Crippen LogP contribution in [0.1, 0.15) is 14.3 Å². The molecule has 0 bridgehead atoms. The molecular weight excluding hydrogens is 298 g/mol. The third-order valence-corrected chi connectivity index (χ3v) is 3.02. The zero-order chi connectivity index (χ0) is 15.9. The first-order chi connectivity index (χ1) is 10.6. The second kappa shape index (κ2) is 10.4. The minimum Gasteiger partial charge on any atom is -0.302 e. The zero-order valence-electron chi connectivity index (χ0n) is 14.3. The number of hydrogen-bond acceptors (Lipinski definition) is 1. The molecule has 2 aliphatic rings. The molecule has 1 aromatic rings. The van der Waals surface area contributed by atoms with Crippen molar-refractivity contribution in [1.82, 2.24) is 4.90 Å². The Morgan fingerprint density at radius 3 is 2.05 bits per heavy atom. The van der Waals surface area contributed by atoms with E-state index in [1.165, 1.54) is 0 Å². The fourth-order valence-electron chi connectivity index (χ4n) is 2.14. The zero-order valence-corrected chi connectivity index (χ0v) is 13.4. The summed E-state index contributed by atoms with van der Waals surface area (Å²) in [5, 5.41) is 0. The molecule has 0 unspecified atom stereocenters. The average molecular weight is 321 g/mol. The molecule has 0 spiro atoms. The molecule has 0 N–H and O–H groups in total. The van der Waals surface area contributed by atoms with Crippen molar-refractivity contribution in [2.45, 2.75) is 6.04 Å². The molecule has 10 radical (unpaired) electrons. The van der Waals surface area contributed by atoms with E-state index in [-0.39, 0.29) is 23.1 Å². The maximum Gasteiger partial charge on any atom is 0.0626 e. The van der Waals surface area contributed by atoms with Gasteiger partial charge in [-0.15, -0.1) is 0 Å². The van der Waals surface area contributed by atoms with Crippen molar-refractivity contribution >= 4 is 0 Å². The van der Waals surface area contributed by atoms with Gasteiger partial charge in [0.25, 0.3) is 0 Å². The van der Waals surface area contributed by atoms with Gasteiger partial charge in [0.1, 0.15) is 0 Å². The second-order valence-corrected chi connectivity index (χ2v) is 4.77.